The summed E-state index contributed by atoms with van der Waals surface area (Å²) in [5.41, 5.74) is 1.75. The fourth-order valence-corrected chi connectivity index (χ4v) is 3.36. The van der Waals surface area contributed by atoms with Gasteiger partial charge in [0.1, 0.15) is 5.60 Å². The normalized spacial score (nSPS) is 16.8. The number of hydrogen-bond donors (Lipinski definition) is 1. The third-order valence-corrected chi connectivity index (χ3v) is 5.12. The van der Waals surface area contributed by atoms with Crippen molar-refractivity contribution in [3.63, 3.8) is 0 Å². The molecule has 0 unspecified atom stereocenters. The van der Waals surface area contributed by atoms with E-state index in [0.29, 0.717) is 25.4 Å². The van der Waals surface area contributed by atoms with Gasteiger partial charge in [-0.25, -0.2) is 0 Å². The summed E-state index contributed by atoms with van der Waals surface area (Å²) in [6.07, 6.45) is 2.76. The lowest BCUT2D eigenvalue weighted by Crippen LogP contribution is -2.29. The number of allylic oxidation sites excluding steroid dienone is 1. The van der Waals surface area contributed by atoms with Gasteiger partial charge in [-0.05, 0) is 45.6 Å². The maximum Gasteiger partial charge on any atom is 0.309 e. The molecule has 0 amide bonds. The smallest absolute Gasteiger partial charge is 0.309 e. The minimum absolute atomic E-state index is 0.0163. The quantitative estimate of drug-likeness (QED) is 0.357. The van der Waals surface area contributed by atoms with E-state index < -0.39 is 11.7 Å². The molecular weight excluding hydrogens is 376 g/mol. The van der Waals surface area contributed by atoms with Crippen LogP contribution in [0.2, 0.25) is 0 Å². The van der Waals surface area contributed by atoms with Crippen LogP contribution < -0.4 is 0 Å². The number of esters is 1. The van der Waals surface area contributed by atoms with Gasteiger partial charge in [0.15, 0.2) is 0 Å². The molecule has 0 bridgehead atoms. The SMILES string of the molecule is C/C(=C\[C@@H](C)[C@@H](O)C[C@H](OCc1ccccc1)C(C)C)C[C@H](C)C(=O)OC(C)(C)C. The van der Waals surface area contributed by atoms with Crippen LogP contribution >= 0.6 is 0 Å². The van der Waals surface area contributed by atoms with Crippen LogP contribution in [0, 0.1) is 17.8 Å². The third kappa shape index (κ3) is 10.4. The second kappa shape index (κ2) is 12.3. The van der Waals surface area contributed by atoms with Gasteiger partial charge >= 0.3 is 5.97 Å². The van der Waals surface area contributed by atoms with Gasteiger partial charge in [-0.3, -0.25) is 4.79 Å². The van der Waals surface area contributed by atoms with Crippen LogP contribution in [0.15, 0.2) is 42.0 Å². The summed E-state index contributed by atoms with van der Waals surface area (Å²) in [6, 6.07) is 10.1. The van der Waals surface area contributed by atoms with Gasteiger partial charge in [-0.2, -0.15) is 0 Å². The number of benzene rings is 1. The Bertz CT molecular complexity index is 657. The maximum absolute atomic E-state index is 12.2. The fourth-order valence-electron chi connectivity index (χ4n) is 3.36. The van der Waals surface area contributed by atoms with E-state index in [4.69, 9.17) is 9.47 Å². The molecule has 0 radical (unpaired) electrons. The van der Waals surface area contributed by atoms with Crippen molar-refractivity contribution in [1.29, 1.82) is 0 Å². The van der Waals surface area contributed by atoms with Gasteiger partial charge in [0.25, 0.3) is 0 Å². The third-order valence-electron chi connectivity index (χ3n) is 5.12. The minimum Gasteiger partial charge on any atom is -0.460 e. The van der Waals surface area contributed by atoms with Crippen LogP contribution in [0.25, 0.3) is 0 Å². The average Bonchev–Trinajstić information content (AvgIpc) is 2.63. The number of carbonyl (C=O) groups is 1. The molecule has 1 rings (SSSR count). The molecule has 1 aromatic rings. The summed E-state index contributed by atoms with van der Waals surface area (Å²) in [6.45, 7) is 16.3. The van der Waals surface area contributed by atoms with Crippen LogP contribution in [-0.4, -0.2) is 28.9 Å². The number of rotatable bonds is 11. The summed E-state index contributed by atoms with van der Waals surface area (Å²) >= 11 is 0. The minimum atomic E-state index is -0.500. The van der Waals surface area contributed by atoms with E-state index in [-0.39, 0.29) is 23.9 Å². The maximum atomic E-state index is 12.2. The first kappa shape index (κ1) is 26.4. The van der Waals surface area contributed by atoms with Gasteiger partial charge in [0.2, 0.25) is 0 Å². The van der Waals surface area contributed by atoms with E-state index in [9.17, 15) is 9.90 Å². The fraction of sp³-hybridized carbons (Fsp3) is 0.654. The second-order valence-corrected chi connectivity index (χ2v) is 9.89. The number of ether oxygens (including phenoxy) is 2. The molecule has 0 saturated heterocycles. The van der Waals surface area contributed by atoms with Crippen molar-refractivity contribution < 1.29 is 19.4 Å². The molecular formula is C26H42O4. The topological polar surface area (TPSA) is 55.8 Å². The van der Waals surface area contributed by atoms with Gasteiger partial charge in [-0.1, -0.05) is 69.7 Å². The van der Waals surface area contributed by atoms with E-state index in [1.807, 2.05) is 71.9 Å². The molecule has 1 aromatic carbocycles. The van der Waals surface area contributed by atoms with Crippen LogP contribution in [0.1, 0.15) is 73.8 Å². The zero-order valence-corrected chi connectivity index (χ0v) is 20.1. The number of aliphatic hydroxyl groups excluding tert-OH is 1. The number of aliphatic hydroxyl groups is 1. The zero-order valence-electron chi connectivity index (χ0n) is 20.1. The molecule has 30 heavy (non-hydrogen) atoms. The van der Waals surface area contributed by atoms with Crippen molar-refractivity contribution in [3.05, 3.63) is 47.5 Å². The van der Waals surface area contributed by atoms with Gasteiger partial charge < -0.3 is 14.6 Å². The average molecular weight is 419 g/mol. The van der Waals surface area contributed by atoms with Crippen molar-refractivity contribution in [2.45, 2.75) is 92.6 Å². The van der Waals surface area contributed by atoms with Crippen LogP contribution in [-0.2, 0) is 20.9 Å². The lowest BCUT2D eigenvalue weighted by Gasteiger charge is -2.27. The molecule has 0 aliphatic heterocycles. The molecule has 1 N–H and O–H groups in total. The molecule has 0 aromatic heterocycles. The lowest BCUT2D eigenvalue weighted by molar-refractivity contribution is -0.159. The van der Waals surface area contributed by atoms with Gasteiger partial charge in [0, 0.05) is 12.3 Å². The first-order valence-corrected chi connectivity index (χ1v) is 11.1. The summed E-state index contributed by atoms with van der Waals surface area (Å²) in [4.78, 5) is 12.2. The lowest BCUT2D eigenvalue weighted by atomic mass is 9.91. The first-order chi connectivity index (χ1) is 13.9. The number of carbonyl (C=O) groups excluding carboxylic acids is 1. The largest absolute Gasteiger partial charge is 0.460 e. The Kier molecular flexibility index (Phi) is 10.8. The Morgan fingerprint density at radius 2 is 1.70 bits per heavy atom. The molecule has 0 fully saturated rings. The molecule has 0 heterocycles. The van der Waals surface area contributed by atoms with Crippen molar-refractivity contribution in [2.75, 3.05) is 0 Å². The Morgan fingerprint density at radius 1 is 1.10 bits per heavy atom. The highest BCUT2D eigenvalue weighted by molar-refractivity contribution is 5.72. The zero-order chi connectivity index (χ0) is 22.9. The van der Waals surface area contributed by atoms with Gasteiger partial charge in [0.05, 0.1) is 24.7 Å². The van der Waals surface area contributed by atoms with E-state index >= 15 is 0 Å². The van der Waals surface area contributed by atoms with Gasteiger partial charge in [-0.15, -0.1) is 0 Å². The molecule has 0 saturated carbocycles. The van der Waals surface area contributed by atoms with Crippen LogP contribution in [0.4, 0.5) is 0 Å². The predicted octanol–water partition coefficient (Wildman–Crippen LogP) is 5.93. The van der Waals surface area contributed by atoms with E-state index in [1.165, 1.54) is 0 Å². The highest BCUT2D eigenvalue weighted by Crippen LogP contribution is 2.23. The Labute approximate surface area is 183 Å². The van der Waals surface area contributed by atoms with E-state index in [2.05, 4.69) is 19.9 Å². The van der Waals surface area contributed by atoms with Crippen molar-refractivity contribution in [2.24, 2.45) is 17.8 Å². The van der Waals surface area contributed by atoms with Crippen molar-refractivity contribution in [3.8, 4) is 0 Å². The van der Waals surface area contributed by atoms with E-state index in [0.717, 1.165) is 11.1 Å². The Morgan fingerprint density at radius 3 is 2.23 bits per heavy atom. The highest BCUT2D eigenvalue weighted by Gasteiger charge is 2.24. The molecule has 4 atom stereocenters. The second-order valence-electron chi connectivity index (χ2n) is 9.89. The predicted molar refractivity (Wildman–Crippen MR) is 123 cm³/mol. The summed E-state index contributed by atoms with van der Waals surface area (Å²) in [7, 11) is 0. The Hall–Kier alpha value is -1.65. The molecule has 170 valence electrons. The van der Waals surface area contributed by atoms with Crippen LogP contribution in [0.5, 0.6) is 0 Å². The summed E-state index contributed by atoms with van der Waals surface area (Å²) in [5.74, 6) is -0.0923. The van der Waals surface area contributed by atoms with Crippen molar-refractivity contribution >= 4 is 5.97 Å². The molecule has 0 spiro atoms. The summed E-state index contributed by atoms with van der Waals surface area (Å²) < 4.78 is 11.6. The standard InChI is InChI=1S/C26H42O4/c1-18(2)24(29-17-22-12-10-9-11-13-22)16-23(27)20(4)14-19(3)15-21(5)25(28)30-26(6,7)8/h9-14,18,20-21,23-24,27H,15-17H2,1-8H3/b19-14+/t20-,21+,23+,24+/m1/s1. The Balaban J connectivity index is 2.60. The summed E-state index contributed by atoms with van der Waals surface area (Å²) in [5, 5.41) is 10.8. The highest BCUT2D eigenvalue weighted by atomic mass is 16.6. The van der Waals surface area contributed by atoms with Crippen LogP contribution in [0.3, 0.4) is 0 Å². The monoisotopic (exact) mass is 418 g/mol. The molecule has 4 nitrogen and oxygen atoms in total. The van der Waals surface area contributed by atoms with Crippen molar-refractivity contribution in [1.82, 2.24) is 0 Å². The molecule has 0 aliphatic carbocycles. The number of hydrogen-bond acceptors (Lipinski definition) is 4. The van der Waals surface area contributed by atoms with E-state index in [1.54, 1.807) is 0 Å². The molecule has 4 heteroatoms. The molecule has 0 aliphatic rings. The first-order valence-electron chi connectivity index (χ1n) is 11.1.